The second-order valence-corrected chi connectivity index (χ2v) is 9.51. The molecule has 0 N–H and O–H groups in total. The second-order valence-electron chi connectivity index (χ2n) is 7.25. The summed E-state index contributed by atoms with van der Waals surface area (Å²) in [6.45, 7) is 1.22. The van der Waals surface area contributed by atoms with Crippen molar-refractivity contribution in [1.29, 1.82) is 0 Å². The van der Waals surface area contributed by atoms with Crippen molar-refractivity contribution in [1.82, 2.24) is 9.21 Å². The quantitative estimate of drug-likeness (QED) is 0.692. The monoisotopic (exact) mass is 432 g/mol. The molecule has 2 aromatic rings. The van der Waals surface area contributed by atoms with E-state index >= 15 is 0 Å². The summed E-state index contributed by atoms with van der Waals surface area (Å²) in [7, 11) is -1.71. The number of amides is 1. The Morgan fingerprint density at radius 1 is 1.10 bits per heavy atom. The van der Waals surface area contributed by atoms with E-state index in [9.17, 15) is 13.2 Å². The number of carbonyl (C=O) groups excluding carboxylic acids is 1. The van der Waals surface area contributed by atoms with E-state index in [1.807, 2.05) is 54.6 Å². The highest BCUT2D eigenvalue weighted by Gasteiger charge is 2.31. The molecule has 1 aliphatic heterocycles. The topological polar surface area (TPSA) is 57.7 Å². The molecule has 3 rings (SSSR count). The van der Waals surface area contributed by atoms with Gasteiger partial charge in [0.05, 0.1) is 0 Å². The molecule has 0 unspecified atom stereocenters. The fourth-order valence-corrected chi connectivity index (χ4v) is 4.77. The Bertz CT molecular complexity index is 951. The van der Waals surface area contributed by atoms with E-state index in [4.69, 9.17) is 11.6 Å². The number of sulfonamides is 1. The number of benzene rings is 2. The van der Waals surface area contributed by atoms with E-state index in [2.05, 4.69) is 0 Å². The first-order valence-electron chi connectivity index (χ1n) is 9.58. The summed E-state index contributed by atoms with van der Waals surface area (Å²) < 4.78 is 26.6. The van der Waals surface area contributed by atoms with Gasteiger partial charge in [0.1, 0.15) is 0 Å². The zero-order chi connectivity index (χ0) is 20.9. The molecule has 0 aromatic heterocycles. The lowest BCUT2D eigenvalue weighted by Crippen LogP contribution is -2.42. The van der Waals surface area contributed by atoms with Gasteiger partial charge in [0, 0.05) is 43.0 Å². The number of hydrogen-bond donors (Lipinski definition) is 0. The standard InChI is InChI=1S/C22H25ClN2O3S/c1-24(17-19-7-9-21(23)10-8-19)22(26)20-11-14-25(15-12-20)29(27,28)16-13-18-5-3-2-4-6-18/h2-10,13,16,20H,11-12,14-15,17H2,1H3/b16-13+. The zero-order valence-electron chi connectivity index (χ0n) is 16.4. The van der Waals surface area contributed by atoms with E-state index in [0.717, 1.165) is 11.1 Å². The molecule has 1 aliphatic rings. The third-order valence-electron chi connectivity index (χ3n) is 5.10. The Hall–Kier alpha value is -2.15. The normalized spacial score (nSPS) is 16.2. The molecule has 154 valence electrons. The first-order valence-corrected chi connectivity index (χ1v) is 11.5. The minimum Gasteiger partial charge on any atom is -0.341 e. The van der Waals surface area contributed by atoms with Gasteiger partial charge >= 0.3 is 0 Å². The number of piperidine rings is 1. The van der Waals surface area contributed by atoms with E-state index < -0.39 is 10.0 Å². The lowest BCUT2D eigenvalue weighted by molar-refractivity contribution is -0.135. The van der Waals surface area contributed by atoms with Gasteiger partial charge in [-0.15, -0.1) is 0 Å². The van der Waals surface area contributed by atoms with Crippen LogP contribution in [0.2, 0.25) is 5.02 Å². The highest BCUT2D eigenvalue weighted by Crippen LogP contribution is 2.23. The van der Waals surface area contributed by atoms with Crippen LogP contribution in [0.25, 0.3) is 6.08 Å². The van der Waals surface area contributed by atoms with Gasteiger partial charge in [-0.05, 0) is 42.2 Å². The van der Waals surface area contributed by atoms with Crippen LogP contribution in [0.15, 0.2) is 60.0 Å². The predicted octanol–water partition coefficient (Wildman–Crippen LogP) is 4.01. The Morgan fingerprint density at radius 2 is 1.72 bits per heavy atom. The molecule has 1 heterocycles. The van der Waals surface area contributed by atoms with Crippen LogP contribution in [0.3, 0.4) is 0 Å². The van der Waals surface area contributed by atoms with Crippen LogP contribution in [-0.2, 0) is 21.4 Å². The summed E-state index contributed by atoms with van der Waals surface area (Å²) in [5.41, 5.74) is 1.85. The lowest BCUT2D eigenvalue weighted by Gasteiger charge is -2.32. The van der Waals surface area contributed by atoms with Gasteiger partial charge in [-0.1, -0.05) is 54.1 Å². The van der Waals surface area contributed by atoms with Gasteiger partial charge in [-0.3, -0.25) is 4.79 Å². The van der Waals surface area contributed by atoms with Crippen molar-refractivity contribution in [3.63, 3.8) is 0 Å². The maximum Gasteiger partial charge on any atom is 0.236 e. The molecule has 0 atom stereocenters. The highest BCUT2D eigenvalue weighted by atomic mass is 35.5. The van der Waals surface area contributed by atoms with Crippen molar-refractivity contribution >= 4 is 33.6 Å². The number of nitrogens with zero attached hydrogens (tertiary/aromatic N) is 2. The fraction of sp³-hybridized carbons (Fsp3) is 0.318. The van der Waals surface area contributed by atoms with Gasteiger partial charge in [-0.2, -0.15) is 4.31 Å². The average Bonchev–Trinajstić information content (AvgIpc) is 2.74. The minimum atomic E-state index is -3.49. The highest BCUT2D eigenvalue weighted by molar-refractivity contribution is 7.92. The lowest BCUT2D eigenvalue weighted by atomic mass is 9.96. The predicted molar refractivity (Wildman–Crippen MR) is 117 cm³/mol. The van der Waals surface area contributed by atoms with Crippen molar-refractivity contribution in [3.8, 4) is 0 Å². The SMILES string of the molecule is CN(Cc1ccc(Cl)cc1)C(=O)C1CCN(S(=O)(=O)/C=C/c2ccccc2)CC1. The van der Waals surface area contributed by atoms with Crippen LogP contribution in [0.5, 0.6) is 0 Å². The third-order valence-corrected chi connectivity index (χ3v) is 6.92. The first kappa shape index (κ1) is 21.6. The fourth-order valence-electron chi connectivity index (χ4n) is 3.43. The van der Waals surface area contributed by atoms with Crippen molar-refractivity contribution < 1.29 is 13.2 Å². The Balaban J connectivity index is 1.54. The van der Waals surface area contributed by atoms with Crippen LogP contribution in [0.4, 0.5) is 0 Å². The summed E-state index contributed by atoms with van der Waals surface area (Å²) in [5, 5.41) is 1.91. The van der Waals surface area contributed by atoms with E-state index in [-0.39, 0.29) is 11.8 Å². The zero-order valence-corrected chi connectivity index (χ0v) is 17.9. The summed E-state index contributed by atoms with van der Waals surface area (Å²) in [5.74, 6) is -0.103. The summed E-state index contributed by atoms with van der Waals surface area (Å²) >= 11 is 5.90. The molecule has 1 fully saturated rings. The molecule has 0 radical (unpaired) electrons. The number of rotatable bonds is 6. The van der Waals surface area contributed by atoms with Crippen LogP contribution >= 0.6 is 11.6 Å². The van der Waals surface area contributed by atoms with Crippen molar-refractivity contribution in [3.05, 3.63) is 76.2 Å². The number of halogens is 1. The Labute approximate surface area is 177 Å². The second kappa shape index (κ2) is 9.57. The maximum atomic E-state index is 12.8. The van der Waals surface area contributed by atoms with Crippen molar-refractivity contribution in [2.45, 2.75) is 19.4 Å². The summed E-state index contributed by atoms with van der Waals surface area (Å²) in [6, 6.07) is 16.7. The van der Waals surface area contributed by atoms with Crippen molar-refractivity contribution in [2.75, 3.05) is 20.1 Å². The van der Waals surface area contributed by atoms with E-state index in [1.54, 1.807) is 18.0 Å². The number of hydrogen-bond acceptors (Lipinski definition) is 3. The first-order chi connectivity index (χ1) is 13.8. The van der Waals surface area contributed by atoms with E-state index in [1.165, 1.54) is 9.71 Å². The molecule has 0 spiro atoms. The molecule has 0 saturated carbocycles. The largest absolute Gasteiger partial charge is 0.341 e. The average molecular weight is 433 g/mol. The molecule has 0 bridgehead atoms. The summed E-state index contributed by atoms with van der Waals surface area (Å²) in [4.78, 5) is 14.5. The van der Waals surface area contributed by atoms with Gasteiger partial charge in [0.15, 0.2) is 0 Å². The van der Waals surface area contributed by atoms with Crippen LogP contribution in [-0.4, -0.2) is 43.7 Å². The summed E-state index contributed by atoms with van der Waals surface area (Å²) in [6.07, 6.45) is 2.66. The Morgan fingerprint density at radius 3 is 2.34 bits per heavy atom. The van der Waals surface area contributed by atoms with Gasteiger partial charge in [0.25, 0.3) is 0 Å². The minimum absolute atomic E-state index is 0.0526. The molecule has 7 heteroatoms. The molecule has 1 saturated heterocycles. The number of carbonyl (C=O) groups is 1. The molecule has 1 amide bonds. The smallest absolute Gasteiger partial charge is 0.236 e. The maximum absolute atomic E-state index is 12.8. The molecule has 0 aliphatic carbocycles. The van der Waals surface area contributed by atoms with Crippen LogP contribution in [0.1, 0.15) is 24.0 Å². The van der Waals surface area contributed by atoms with E-state index in [0.29, 0.717) is 37.5 Å². The third kappa shape index (κ3) is 5.92. The molecule has 5 nitrogen and oxygen atoms in total. The van der Waals surface area contributed by atoms with Crippen molar-refractivity contribution in [2.24, 2.45) is 5.92 Å². The molecular weight excluding hydrogens is 408 g/mol. The van der Waals surface area contributed by atoms with Gasteiger partial charge in [-0.25, -0.2) is 8.42 Å². The molecule has 29 heavy (non-hydrogen) atoms. The molecular formula is C22H25ClN2O3S. The molecule has 2 aromatic carbocycles. The van der Waals surface area contributed by atoms with Gasteiger partial charge in [0.2, 0.25) is 15.9 Å². The van der Waals surface area contributed by atoms with Gasteiger partial charge < -0.3 is 4.90 Å². The van der Waals surface area contributed by atoms with Crippen LogP contribution < -0.4 is 0 Å². The Kier molecular flexibility index (Phi) is 7.11. The van der Waals surface area contributed by atoms with Crippen LogP contribution in [0, 0.1) is 5.92 Å².